The number of aromatic nitrogens is 2. The summed E-state index contributed by atoms with van der Waals surface area (Å²) in [7, 11) is 0. The molecule has 4 rings (SSSR count). The highest BCUT2D eigenvalue weighted by Crippen LogP contribution is 2.24. The Hall–Kier alpha value is -2.04. The molecule has 5 nitrogen and oxygen atoms in total. The van der Waals surface area contributed by atoms with Crippen molar-refractivity contribution >= 4 is 22.8 Å². The van der Waals surface area contributed by atoms with Gasteiger partial charge < -0.3 is 15.2 Å². The molecule has 1 aromatic heterocycles. The summed E-state index contributed by atoms with van der Waals surface area (Å²) in [6, 6.07) is 6.31. The molecule has 0 bridgehead atoms. The van der Waals surface area contributed by atoms with Gasteiger partial charge >= 0.3 is 6.03 Å². The lowest BCUT2D eigenvalue weighted by Crippen LogP contribution is -2.38. The van der Waals surface area contributed by atoms with Crippen molar-refractivity contribution in [2.75, 3.05) is 5.32 Å². The Bertz CT molecular complexity index is 730. The minimum absolute atomic E-state index is 0.0953. The first-order valence-electron chi connectivity index (χ1n) is 9.36. The second-order valence-electron chi connectivity index (χ2n) is 7.13. The van der Waals surface area contributed by atoms with Gasteiger partial charge in [-0.1, -0.05) is 25.7 Å². The van der Waals surface area contributed by atoms with E-state index >= 15 is 0 Å². The highest BCUT2D eigenvalue weighted by Gasteiger charge is 2.17. The molecule has 0 unspecified atom stereocenters. The molecule has 0 spiro atoms. The molecule has 2 N–H and O–H groups in total. The maximum atomic E-state index is 12.2. The molecule has 0 radical (unpaired) electrons. The number of carbonyl (C=O) groups is 1. The molecule has 0 atom stereocenters. The lowest BCUT2D eigenvalue weighted by atomic mass is 9.96. The number of anilines is 1. The van der Waals surface area contributed by atoms with Crippen molar-refractivity contribution < 1.29 is 4.79 Å². The number of amides is 2. The highest BCUT2D eigenvalue weighted by atomic mass is 16.2. The van der Waals surface area contributed by atoms with E-state index in [2.05, 4.69) is 21.3 Å². The van der Waals surface area contributed by atoms with Crippen LogP contribution in [0.4, 0.5) is 10.5 Å². The van der Waals surface area contributed by atoms with E-state index in [-0.39, 0.29) is 6.03 Å². The van der Waals surface area contributed by atoms with Gasteiger partial charge in [-0.05, 0) is 43.9 Å². The largest absolute Gasteiger partial charge is 0.335 e. The van der Waals surface area contributed by atoms with Crippen molar-refractivity contribution in [2.24, 2.45) is 0 Å². The maximum absolute atomic E-state index is 12.2. The smallest absolute Gasteiger partial charge is 0.319 e. The third-order valence-corrected chi connectivity index (χ3v) is 5.31. The predicted octanol–water partition coefficient (Wildman–Crippen LogP) is 4.22. The van der Waals surface area contributed by atoms with Crippen LogP contribution in [0, 0.1) is 0 Å². The van der Waals surface area contributed by atoms with Crippen LogP contribution in [0.2, 0.25) is 0 Å². The molecular formula is C19H26N4O. The number of carbonyl (C=O) groups excluding carboxylic acids is 1. The van der Waals surface area contributed by atoms with E-state index in [1.807, 2.05) is 12.1 Å². The van der Waals surface area contributed by atoms with Gasteiger partial charge in [-0.25, -0.2) is 9.78 Å². The van der Waals surface area contributed by atoms with Crippen LogP contribution in [-0.4, -0.2) is 21.6 Å². The SMILES string of the molecule is O=C(Nc1ccc2c(c1)nc1n2CCCCC1)NC1CCCCC1. The van der Waals surface area contributed by atoms with Crippen LogP contribution in [0.5, 0.6) is 0 Å². The first kappa shape index (κ1) is 15.5. The van der Waals surface area contributed by atoms with Gasteiger partial charge in [-0.2, -0.15) is 0 Å². The van der Waals surface area contributed by atoms with E-state index < -0.39 is 0 Å². The minimum atomic E-state index is -0.0953. The number of benzene rings is 1. The van der Waals surface area contributed by atoms with Crippen LogP contribution in [0.3, 0.4) is 0 Å². The van der Waals surface area contributed by atoms with E-state index in [0.717, 1.165) is 37.0 Å². The normalized spacial score (nSPS) is 18.8. The number of rotatable bonds is 2. The molecular weight excluding hydrogens is 300 g/mol. The Morgan fingerprint density at radius 1 is 1.08 bits per heavy atom. The van der Waals surface area contributed by atoms with Crippen molar-refractivity contribution in [1.29, 1.82) is 0 Å². The molecule has 1 aromatic carbocycles. The summed E-state index contributed by atoms with van der Waals surface area (Å²) < 4.78 is 2.34. The van der Waals surface area contributed by atoms with Gasteiger partial charge in [0.1, 0.15) is 5.82 Å². The average Bonchev–Trinajstić information content (AvgIpc) is 2.76. The van der Waals surface area contributed by atoms with E-state index in [0.29, 0.717) is 6.04 Å². The molecule has 1 saturated carbocycles. The monoisotopic (exact) mass is 326 g/mol. The zero-order valence-electron chi connectivity index (χ0n) is 14.2. The van der Waals surface area contributed by atoms with Crippen LogP contribution in [0.1, 0.15) is 57.2 Å². The molecule has 2 aromatic rings. The number of hydrogen-bond acceptors (Lipinski definition) is 2. The Morgan fingerprint density at radius 2 is 1.92 bits per heavy atom. The molecule has 5 heteroatoms. The summed E-state index contributed by atoms with van der Waals surface area (Å²) in [4.78, 5) is 17.0. The third-order valence-electron chi connectivity index (χ3n) is 5.31. The molecule has 2 amide bonds. The second kappa shape index (κ2) is 6.83. The van der Waals surface area contributed by atoms with Gasteiger partial charge in [0.25, 0.3) is 0 Å². The summed E-state index contributed by atoms with van der Waals surface area (Å²) >= 11 is 0. The number of nitrogens with zero attached hydrogens (tertiary/aromatic N) is 2. The predicted molar refractivity (Wildman–Crippen MR) is 96.3 cm³/mol. The van der Waals surface area contributed by atoms with Crippen molar-refractivity contribution in [3.05, 3.63) is 24.0 Å². The minimum Gasteiger partial charge on any atom is -0.335 e. The fourth-order valence-corrected chi connectivity index (χ4v) is 4.03. The van der Waals surface area contributed by atoms with E-state index in [1.165, 1.54) is 49.9 Å². The summed E-state index contributed by atoms with van der Waals surface area (Å²) in [5.74, 6) is 1.19. The molecule has 0 saturated heterocycles. The Kier molecular flexibility index (Phi) is 4.41. The van der Waals surface area contributed by atoms with Crippen LogP contribution < -0.4 is 10.6 Å². The molecule has 2 heterocycles. The molecule has 2 aliphatic rings. The molecule has 128 valence electrons. The van der Waals surface area contributed by atoms with Gasteiger partial charge in [0.2, 0.25) is 0 Å². The molecule has 24 heavy (non-hydrogen) atoms. The molecule has 1 aliphatic carbocycles. The number of imidazole rings is 1. The van der Waals surface area contributed by atoms with Gasteiger partial charge in [-0.15, -0.1) is 0 Å². The van der Waals surface area contributed by atoms with Crippen LogP contribution in [-0.2, 0) is 13.0 Å². The maximum Gasteiger partial charge on any atom is 0.319 e. The molecule has 1 fully saturated rings. The van der Waals surface area contributed by atoms with Gasteiger partial charge in [-0.3, -0.25) is 0 Å². The van der Waals surface area contributed by atoms with Crippen molar-refractivity contribution in [3.8, 4) is 0 Å². The quantitative estimate of drug-likeness (QED) is 0.868. The first-order chi connectivity index (χ1) is 11.8. The number of urea groups is 1. The number of hydrogen-bond donors (Lipinski definition) is 2. The van der Waals surface area contributed by atoms with Crippen molar-refractivity contribution in [3.63, 3.8) is 0 Å². The Morgan fingerprint density at radius 3 is 2.79 bits per heavy atom. The molecule has 1 aliphatic heterocycles. The van der Waals surface area contributed by atoms with Crippen LogP contribution in [0.15, 0.2) is 18.2 Å². The van der Waals surface area contributed by atoms with Gasteiger partial charge in [0.15, 0.2) is 0 Å². The van der Waals surface area contributed by atoms with Gasteiger partial charge in [0.05, 0.1) is 11.0 Å². The van der Waals surface area contributed by atoms with Crippen molar-refractivity contribution in [1.82, 2.24) is 14.9 Å². The fourth-order valence-electron chi connectivity index (χ4n) is 4.03. The van der Waals surface area contributed by atoms with Gasteiger partial charge in [0, 0.05) is 24.7 Å². The zero-order chi connectivity index (χ0) is 16.4. The summed E-state index contributed by atoms with van der Waals surface area (Å²) in [5, 5.41) is 6.07. The Balaban J connectivity index is 1.47. The third kappa shape index (κ3) is 3.25. The second-order valence-corrected chi connectivity index (χ2v) is 7.13. The zero-order valence-corrected chi connectivity index (χ0v) is 14.2. The highest BCUT2D eigenvalue weighted by molar-refractivity contribution is 5.92. The standard InChI is InChI=1S/C19H26N4O/c24-19(20-14-7-3-1-4-8-14)21-15-10-11-17-16(13-15)22-18-9-5-2-6-12-23(17)18/h10-11,13-14H,1-9,12H2,(H2,20,21,24). The Labute approximate surface area is 142 Å². The number of nitrogens with one attached hydrogen (secondary N) is 2. The summed E-state index contributed by atoms with van der Waals surface area (Å²) in [5.41, 5.74) is 3.00. The summed E-state index contributed by atoms with van der Waals surface area (Å²) in [6.07, 6.45) is 10.7. The lowest BCUT2D eigenvalue weighted by Gasteiger charge is -2.22. The van der Waals surface area contributed by atoms with Crippen molar-refractivity contribution in [2.45, 2.75) is 70.4 Å². The van der Waals surface area contributed by atoms with Crippen LogP contribution >= 0.6 is 0 Å². The average molecular weight is 326 g/mol. The van der Waals surface area contributed by atoms with E-state index in [1.54, 1.807) is 0 Å². The number of fused-ring (bicyclic) bond motifs is 3. The van der Waals surface area contributed by atoms with Crippen LogP contribution in [0.25, 0.3) is 11.0 Å². The topological polar surface area (TPSA) is 59.0 Å². The van der Waals surface area contributed by atoms with E-state index in [9.17, 15) is 4.79 Å². The first-order valence-corrected chi connectivity index (χ1v) is 9.36. The summed E-state index contributed by atoms with van der Waals surface area (Å²) in [6.45, 7) is 1.06. The van der Waals surface area contributed by atoms with E-state index in [4.69, 9.17) is 4.98 Å². The fraction of sp³-hybridized carbons (Fsp3) is 0.579. The lowest BCUT2D eigenvalue weighted by molar-refractivity contribution is 0.244. The number of aryl methyl sites for hydroxylation is 2.